The van der Waals surface area contributed by atoms with Gasteiger partial charge in [0.15, 0.2) is 10.9 Å². The van der Waals surface area contributed by atoms with Crippen molar-refractivity contribution < 1.29 is 14.3 Å². The second-order valence-corrected chi connectivity index (χ2v) is 7.31. The van der Waals surface area contributed by atoms with Crippen LogP contribution in [0.3, 0.4) is 0 Å². The zero-order valence-electron chi connectivity index (χ0n) is 14.0. The second-order valence-electron chi connectivity index (χ2n) is 6.37. The van der Waals surface area contributed by atoms with E-state index in [2.05, 4.69) is 15.5 Å². The number of aromatic amines is 1. The number of amides is 1. The maximum atomic E-state index is 12.5. The third kappa shape index (κ3) is 3.45. The van der Waals surface area contributed by atoms with Crippen LogP contribution in [0.4, 0.5) is 5.69 Å². The molecule has 9 heteroatoms. The monoisotopic (exact) mass is 374 g/mol. The molecule has 136 valence electrons. The van der Waals surface area contributed by atoms with E-state index in [0.29, 0.717) is 30.3 Å². The number of Topliss-reactive ketones (excluding diaryl/α,β-unsaturated/α-hetero) is 1. The van der Waals surface area contributed by atoms with Crippen LogP contribution >= 0.6 is 11.8 Å². The molecule has 0 saturated carbocycles. The maximum Gasteiger partial charge on any atom is 0.344 e. The van der Waals surface area contributed by atoms with Crippen LogP contribution in [-0.4, -0.2) is 44.9 Å². The molecule has 0 unspecified atom stereocenters. The lowest BCUT2D eigenvalue weighted by Gasteiger charge is -2.10. The van der Waals surface area contributed by atoms with Crippen molar-refractivity contribution in [1.29, 1.82) is 0 Å². The van der Waals surface area contributed by atoms with Gasteiger partial charge in [-0.15, -0.1) is 5.10 Å². The Kier molecular flexibility index (Phi) is 4.64. The van der Waals surface area contributed by atoms with E-state index in [1.165, 1.54) is 16.3 Å². The van der Waals surface area contributed by atoms with Crippen LogP contribution in [0.1, 0.15) is 28.8 Å². The van der Waals surface area contributed by atoms with Crippen molar-refractivity contribution in [3.63, 3.8) is 0 Å². The number of thioether (sulfide) groups is 1. The average molecular weight is 374 g/mol. The van der Waals surface area contributed by atoms with Crippen molar-refractivity contribution in [2.24, 2.45) is 0 Å². The van der Waals surface area contributed by atoms with E-state index in [1.54, 1.807) is 18.2 Å². The molecule has 1 aromatic carbocycles. The number of carbonyl (C=O) groups is 2. The summed E-state index contributed by atoms with van der Waals surface area (Å²) in [5.74, 6) is 0.0283. The summed E-state index contributed by atoms with van der Waals surface area (Å²) in [6.45, 7) is 1.16. The number of hydrogen-bond donors (Lipinski definition) is 2. The Morgan fingerprint density at radius 2 is 2.27 bits per heavy atom. The van der Waals surface area contributed by atoms with Crippen LogP contribution in [0.2, 0.25) is 0 Å². The van der Waals surface area contributed by atoms with Gasteiger partial charge in [-0.3, -0.25) is 14.2 Å². The molecule has 2 aliphatic rings. The number of nitrogens with one attached hydrogen (secondary N) is 2. The number of ketones is 1. The summed E-state index contributed by atoms with van der Waals surface area (Å²) < 4.78 is 7.10. The quantitative estimate of drug-likeness (QED) is 0.582. The summed E-state index contributed by atoms with van der Waals surface area (Å²) in [5.41, 5.74) is 1.85. The molecular formula is C17H18N4O4S. The molecule has 0 spiro atoms. The standard InChI is InChI=1S/C17H18N4O4S/c22-14(10-3-4-13-11(6-10)7-15(23)18-13)9-26-17-20-19-16(24)21(17)8-12-2-1-5-25-12/h3-4,6,12H,1-2,5,7-9H2,(H,18,23)(H,19,24)/t12-/m1/s1. The Morgan fingerprint density at radius 1 is 1.38 bits per heavy atom. The number of rotatable bonds is 6. The summed E-state index contributed by atoms with van der Waals surface area (Å²) in [5, 5.41) is 9.68. The van der Waals surface area contributed by atoms with Crippen molar-refractivity contribution in [2.75, 3.05) is 17.7 Å². The molecule has 0 radical (unpaired) electrons. The van der Waals surface area contributed by atoms with Crippen LogP contribution < -0.4 is 11.0 Å². The predicted octanol–water partition coefficient (Wildman–Crippen LogP) is 1.22. The van der Waals surface area contributed by atoms with E-state index >= 15 is 0 Å². The zero-order valence-corrected chi connectivity index (χ0v) is 14.8. The Bertz CT molecular complexity index is 914. The minimum atomic E-state index is -0.294. The van der Waals surface area contributed by atoms with Gasteiger partial charge in [0, 0.05) is 17.9 Å². The second kappa shape index (κ2) is 7.08. The number of H-pyrrole nitrogens is 1. The molecule has 1 aromatic heterocycles. The van der Waals surface area contributed by atoms with E-state index in [1.807, 2.05) is 0 Å². The van der Waals surface area contributed by atoms with Crippen LogP contribution in [0, 0.1) is 0 Å². The summed E-state index contributed by atoms with van der Waals surface area (Å²) >= 11 is 1.22. The lowest BCUT2D eigenvalue weighted by atomic mass is 10.1. The summed E-state index contributed by atoms with van der Waals surface area (Å²) in [6.07, 6.45) is 2.22. The number of nitrogens with zero attached hydrogens (tertiary/aromatic N) is 2. The number of benzene rings is 1. The van der Waals surface area contributed by atoms with Crippen molar-refractivity contribution in [3.8, 4) is 0 Å². The van der Waals surface area contributed by atoms with Crippen molar-refractivity contribution in [2.45, 2.75) is 37.1 Å². The smallest absolute Gasteiger partial charge is 0.344 e. The number of aromatic nitrogens is 3. The molecule has 0 bridgehead atoms. The van der Waals surface area contributed by atoms with Gasteiger partial charge in [-0.05, 0) is 36.6 Å². The Balaban J connectivity index is 1.43. The fourth-order valence-electron chi connectivity index (χ4n) is 3.18. The molecule has 8 nitrogen and oxygen atoms in total. The number of anilines is 1. The highest BCUT2D eigenvalue weighted by atomic mass is 32.2. The highest BCUT2D eigenvalue weighted by Crippen LogP contribution is 2.25. The molecular weight excluding hydrogens is 356 g/mol. The van der Waals surface area contributed by atoms with Gasteiger partial charge in [-0.1, -0.05) is 11.8 Å². The third-order valence-electron chi connectivity index (χ3n) is 4.52. The van der Waals surface area contributed by atoms with Gasteiger partial charge in [0.2, 0.25) is 5.91 Å². The van der Waals surface area contributed by atoms with Crippen molar-refractivity contribution >= 4 is 29.1 Å². The molecule has 2 aliphatic heterocycles. The summed E-state index contributed by atoms with van der Waals surface area (Å²) in [4.78, 5) is 35.9. The maximum absolute atomic E-state index is 12.5. The molecule has 3 heterocycles. The van der Waals surface area contributed by atoms with Gasteiger partial charge in [-0.25, -0.2) is 9.89 Å². The first-order valence-electron chi connectivity index (χ1n) is 8.46. The normalized spacial score (nSPS) is 18.8. The molecule has 2 aromatic rings. The fourth-order valence-corrected chi connectivity index (χ4v) is 4.03. The van der Waals surface area contributed by atoms with E-state index in [-0.39, 0.29) is 29.2 Å². The number of carbonyl (C=O) groups excluding carboxylic acids is 2. The van der Waals surface area contributed by atoms with Gasteiger partial charge in [-0.2, -0.15) is 0 Å². The minimum absolute atomic E-state index is 0.0158. The SMILES string of the molecule is O=C1Cc2cc(C(=O)CSc3n[nH]c(=O)n3C[C@H]3CCCO3)ccc2N1. The lowest BCUT2D eigenvalue weighted by Crippen LogP contribution is -2.25. The highest BCUT2D eigenvalue weighted by molar-refractivity contribution is 7.99. The predicted molar refractivity (Wildman–Crippen MR) is 95.7 cm³/mol. The Labute approximate surface area is 153 Å². The first kappa shape index (κ1) is 17.0. The van der Waals surface area contributed by atoms with Gasteiger partial charge in [0.05, 0.1) is 24.8 Å². The Hall–Kier alpha value is -2.39. The zero-order chi connectivity index (χ0) is 18.1. The number of fused-ring (bicyclic) bond motifs is 1. The van der Waals surface area contributed by atoms with E-state index < -0.39 is 0 Å². The first-order valence-corrected chi connectivity index (χ1v) is 9.44. The van der Waals surface area contributed by atoms with Crippen LogP contribution in [0.25, 0.3) is 0 Å². The van der Waals surface area contributed by atoms with Crippen LogP contribution in [0.5, 0.6) is 0 Å². The lowest BCUT2D eigenvalue weighted by molar-refractivity contribution is -0.115. The number of ether oxygens (including phenoxy) is 1. The largest absolute Gasteiger partial charge is 0.376 e. The van der Waals surface area contributed by atoms with E-state index in [0.717, 1.165) is 24.1 Å². The minimum Gasteiger partial charge on any atom is -0.376 e. The third-order valence-corrected chi connectivity index (χ3v) is 5.49. The average Bonchev–Trinajstić information content (AvgIpc) is 3.34. The van der Waals surface area contributed by atoms with Crippen LogP contribution in [-0.2, 0) is 22.5 Å². The molecule has 26 heavy (non-hydrogen) atoms. The molecule has 1 amide bonds. The van der Waals surface area contributed by atoms with Gasteiger partial charge < -0.3 is 10.1 Å². The van der Waals surface area contributed by atoms with Gasteiger partial charge in [0.1, 0.15) is 0 Å². The molecule has 1 fully saturated rings. The fraction of sp³-hybridized carbons (Fsp3) is 0.412. The topological polar surface area (TPSA) is 106 Å². The van der Waals surface area contributed by atoms with Gasteiger partial charge in [0.25, 0.3) is 0 Å². The highest BCUT2D eigenvalue weighted by Gasteiger charge is 2.22. The summed E-state index contributed by atoms with van der Waals surface area (Å²) in [7, 11) is 0. The molecule has 2 N–H and O–H groups in total. The number of hydrogen-bond acceptors (Lipinski definition) is 6. The summed E-state index contributed by atoms with van der Waals surface area (Å²) in [6, 6.07) is 5.21. The molecule has 1 atom stereocenters. The van der Waals surface area contributed by atoms with Gasteiger partial charge >= 0.3 is 5.69 Å². The first-order chi connectivity index (χ1) is 12.6. The van der Waals surface area contributed by atoms with E-state index in [4.69, 9.17) is 4.74 Å². The molecule has 0 aliphatic carbocycles. The van der Waals surface area contributed by atoms with Crippen LogP contribution in [0.15, 0.2) is 28.2 Å². The van der Waals surface area contributed by atoms with Crippen molar-refractivity contribution in [1.82, 2.24) is 14.8 Å². The van der Waals surface area contributed by atoms with E-state index in [9.17, 15) is 14.4 Å². The van der Waals surface area contributed by atoms with Crippen molar-refractivity contribution in [3.05, 3.63) is 39.8 Å². The molecule has 1 saturated heterocycles. The Morgan fingerprint density at radius 3 is 3.08 bits per heavy atom. The molecule has 4 rings (SSSR count).